The van der Waals surface area contributed by atoms with Gasteiger partial charge < -0.3 is 14.3 Å². The molecule has 0 heterocycles. The highest BCUT2D eigenvalue weighted by Gasteiger charge is 2.36. The Hall–Kier alpha value is -2.24. The second-order valence-corrected chi connectivity index (χ2v) is 11.7. The van der Waals surface area contributed by atoms with Crippen LogP contribution in [-0.2, 0) is 41.8 Å². The molecule has 216 valence electrons. The smallest absolute Gasteiger partial charge is 0.298 e. The summed E-state index contributed by atoms with van der Waals surface area (Å²) in [6.45, 7) is 3.60. The Kier molecular flexibility index (Phi) is 12.2. The van der Waals surface area contributed by atoms with Gasteiger partial charge >= 0.3 is 0 Å². The molecular formula is C28H29Cl3FNO6S. The predicted octanol–water partition coefficient (Wildman–Crippen LogP) is 7.11. The topological polar surface area (TPSA) is 83.4 Å². The van der Waals surface area contributed by atoms with Crippen LogP contribution in [0.15, 0.2) is 70.7 Å². The van der Waals surface area contributed by atoms with E-state index in [0.717, 1.165) is 34.5 Å². The lowest BCUT2D eigenvalue weighted by atomic mass is 10.1. The molecule has 3 unspecified atom stereocenters. The summed E-state index contributed by atoms with van der Waals surface area (Å²) in [7, 11) is -3.34. The molecule has 0 saturated heterocycles. The number of aryl methyl sites for hydroxylation is 2. The largest absolute Gasteiger partial charge is 0.399 e. The number of benzene rings is 3. The van der Waals surface area contributed by atoms with E-state index in [2.05, 4.69) is 9.99 Å². The molecule has 3 aromatic rings. The third-order valence-electron chi connectivity index (χ3n) is 5.72. The van der Waals surface area contributed by atoms with Gasteiger partial charge in [-0.1, -0.05) is 99.6 Å². The highest BCUT2D eigenvalue weighted by atomic mass is 35.5. The molecule has 0 aliphatic rings. The maximum atomic E-state index is 15.5. The quantitative estimate of drug-likeness (QED) is 0.0815. The van der Waals surface area contributed by atoms with Gasteiger partial charge in [0.05, 0.1) is 41.1 Å². The van der Waals surface area contributed by atoms with E-state index in [-0.39, 0.29) is 34.9 Å². The average molecular weight is 633 g/mol. The number of nitrogens with zero attached hydrogens (tertiary/aromatic N) is 1. The molecule has 3 rings (SSSR count). The normalized spacial score (nSPS) is 14.3. The van der Waals surface area contributed by atoms with Gasteiger partial charge in [-0.3, -0.25) is 4.18 Å². The lowest BCUT2D eigenvalue weighted by Gasteiger charge is -2.28. The molecular weight excluding hydrogens is 604 g/mol. The van der Waals surface area contributed by atoms with E-state index >= 15 is 4.39 Å². The number of alkyl halides is 1. The first-order valence-corrected chi connectivity index (χ1v) is 14.6. The van der Waals surface area contributed by atoms with Crippen molar-refractivity contribution in [2.75, 3.05) is 13.7 Å². The van der Waals surface area contributed by atoms with E-state index < -0.39 is 33.4 Å². The number of oxime groups is 1. The first kappa shape index (κ1) is 32.3. The van der Waals surface area contributed by atoms with Crippen LogP contribution in [-0.4, -0.2) is 46.7 Å². The average Bonchev–Trinajstić information content (AvgIpc) is 2.91. The summed E-state index contributed by atoms with van der Waals surface area (Å²) in [4.78, 5) is 4.18. The Morgan fingerprint density at radius 1 is 0.875 bits per heavy atom. The van der Waals surface area contributed by atoms with E-state index in [9.17, 15) is 8.42 Å². The lowest BCUT2D eigenvalue weighted by Crippen LogP contribution is -2.44. The fourth-order valence-corrected chi connectivity index (χ4v) is 5.60. The highest BCUT2D eigenvalue weighted by molar-refractivity contribution is 7.87. The van der Waals surface area contributed by atoms with Gasteiger partial charge in [-0.2, -0.15) is 8.42 Å². The number of rotatable bonds is 14. The van der Waals surface area contributed by atoms with Crippen LogP contribution < -0.4 is 0 Å². The molecule has 3 atom stereocenters. The summed E-state index contributed by atoms with van der Waals surface area (Å²) in [6, 6.07) is 17.2. The van der Waals surface area contributed by atoms with Crippen molar-refractivity contribution in [1.29, 1.82) is 0 Å². The van der Waals surface area contributed by atoms with Gasteiger partial charge in [-0.25, -0.2) is 4.39 Å². The molecule has 0 N–H and O–H groups in total. The summed E-state index contributed by atoms with van der Waals surface area (Å²) in [5, 5.41) is 3.28. The second kappa shape index (κ2) is 15.1. The molecule has 0 saturated carbocycles. The Morgan fingerprint density at radius 2 is 1.43 bits per heavy atom. The molecule has 12 heteroatoms. The first-order valence-electron chi connectivity index (χ1n) is 12.1. The molecule has 40 heavy (non-hydrogen) atoms. The summed E-state index contributed by atoms with van der Waals surface area (Å²) < 4.78 is 59.4. The number of hydrogen-bond donors (Lipinski definition) is 0. The summed E-state index contributed by atoms with van der Waals surface area (Å²) in [5.41, 5.74) is 3.67. The van der Waals surface area contributed by atoms with E-state index in [4.69, 9.17) is 48.5 Å². The zero-order chi connectivity index (χ0) is 29.3. The minimum atomic E-state index is -4.60. The number of halogens is 4. The molecule has 0 aliphatic heterocycles. The van der Waals surface area contributed by atoms with Crippen molar-refractivity contribution in [3.05, 3.63) is 98.0 Å². The highest BCUT2D eigenvalue weighted by Crippen LogP contribution is 2.33. The van der Waals surface area contributed by atoms with Crippen LogP contribution in [0.4, 0.5) is 4.39 Å². The zero-order valence-corrected chi connectivity index (χ0v) is 25.1. The monoisotopic (exact) mass is 631 g/mol. The van der Waals surface area contributed by atoms with E-state index in [0.29, 0.717) is 0 Å². The van der Waals surface area contributed by atoms with Crippen molar-refractivity contribution >= 4 is 51.1 Å². The molecule has 7 nitrogen and oxygen atoms in total. The van der Waals surface area contributed by atoms with Crippen molar-refractivity contribution in [2.45, 2.75) is 50.3 Å². The minimum absolute atomic E-state index is 0.0441. The van der Waals surface area contributed by atoms with Gasteiger partial charge in [0, 0.05) is 0 Å². The van der Waals surface area contributed by atoms with E-state index in [1.54, 1.807) is 0 Å². The van der Waals surface area contributed by atoms with Gasteiger partial charge in [0.2, 0.25) is 0 Å². The second-order valence-electron chi connectivity index (χ2n) is 8.93. The fraction of sp³-hybridized carbons (Fsp3) is 0.321. The fourth-order valence-electron chi connectivity index (χ4n) is 3.55. The zero-order valence-electron chi connectivity index (χ0n) is 22.0. The van der Waals surface area contributed by atoms with Gasteiger partial charge in [0.25, 0.3) is 10.1 Å². The Balaban J connectivity index is 1.92. The molecule has 3 aromatic carbocycles. The van der Waals surface area contributed by atoms with Crippen molar-refractivity contribution in [3.63, 3.8) is 0 Å². The van der Waals surface area contributed by atoms with Crippen LogP contribution in [0.5, 0.6) is 0 Å². The van der Waals surface area contributed by atoms with Crippen LogP contribution in [0, 0.1) is 13.8 Å². The van der Waals surface area contributed by atoms with Crippen LogP contribution >= 0.6 is 34.8 Å². The molecule has 0 amide bonds. The third kappa shape index (κ3) is 9.41. The standard InChI is InChI=1S/C28H29Cl3FNO6S/c1-18-4-8-20(9-5-18)15-37-17-26(39-40(34,35)27-13-23(30)22(29)12-24(27)31)28(25(32)14-33-36-3)38-16-21-10-6-19(2)7-11-21/h4-14,25-26,28H,15-17H2,1-3H3. The Labute approximate surface area is 248 Å². The SMILES string of the molecule is CON=CC(F)C(OCc1ccc(C)cc1)C(COCc1ccc(C)cc1)OS(=O)(=O)c1cc(Cl)c(Cl)cc1Cl. The lowest BCUT2D eigenvalue weighted by molar-refractivity contribution is -0.0854. The predicted molar refractivity (Wildman–Crippen MR) is 155 cm³/mol. The summed E-state index contributed by atoms with van der Waals surface area (Å²) in [5.74, 6) is 0. The molecule has 0 spiro atoms. The third-order valence-corrected chi connectivity index (χ3v) is 8.24. The Morgan fingerprint density at radius 3 is 2.00 bits per heavy atom. The Bertz CT molecular complexity index is 1390. The summed E-state index contributed by atoms with van der Waals surface area (Å²) in [6.07, 6.45) is -4.02. The van der Waals surface area contributed by atoms with Crippen molar-refractivity contribution < 1.29 is 31.3 Å². The van der Waals surface area contributed by atoms with Gasteiger partial charge in [-0.15, -0.1) is 0 Å². The van der Waals surface area contributed by atoms with E-state index in [1.807, 2.05) is 62.4 Å². The molecule has 0 fully saturated rings. The van der Waals surface area contributed by atoms with Crippen LogP contribution in [0.25, 0.3) is 0 Å². The van der Waals surface area contributed by atoms with Gasteiger partial charge in [0.1, 0.15) is 24.2 Å². The van der Waals surface area contributed by atoms with Crippen LogP contribution in [0.2, 0.25) is 15.1 Å². The number of ether oxygens (including phenoxy) is 2. The molecule has 0 bridgehead atoms. The van der Waals surface area contributed by atoms with Crippen LogP contribution in [0.3, 0.4) is 0 Å². The van der Waals surface area contributed by atoms with Crippen molar-refractivity contribution in [3.8, 4) is 0 Å². The first-order chi connectivity index (χ1) is 19.0. The summed E-state index contributed by atoms with van der Waals surface area (Å²) >= 11 is 18.2. The molecule has 0 aromatic heterocycles. The maximum Gasteiger partial charge on any atom is 0.298 e. The van der Waals surface area contributed by atoms with Crippen molar-refractivity contribution in [2.24, 2.45) is 5.16 Å². The minimum Gasteiger partial charge on any atom is -0.399 e. The number of hydrogen-bond acceptors (Lipinski definition) is 7. The maximum absolute atomic E-state index is 15.5. The molecule has 0 radical (unpaired) electrons. The van der Waals surface area contributed by atoms with Crippen LogP contribution in [0.1, 0.15) is 22.3 Å². The van der Waals surface area contributed by atoms with Gasteiger partial charge in [0.15, 0.2) is 6.17 Å². The van der Waals surface area contributed by atoms with Crippen molar-refractivity contribution in [1.82, 2.24) is 0 Å². The molecule has 0 aliphatic carbocycles. The van der Waals surface area contributed by atoms with Gasteiger partial charge in [-0.05, 0) is 37.1 Å². The van der Waals surface area contributed by atoms with E-state index in [1.165, 1.54) is 13.2 Å².